The van der Waals surface area contributed by atoms with Gasteiger partial charge in [-0.1, -0.05) is 41.5 Å². The van der Waals surface area contributed by atoms with E-state index in [9.17, 15) is 19.2 Å². The highest BCUT2D eigenvalue weighted by Crippen LogP contribution is 2.16. The van der Waals surface area contributed by atoms with Gasteiger partial charge in [-0.3, -0.25) is 19.2 Å². The fourth-order valence-electron chi connectivity index (χ4n) is 3.39. The van der Waals surface area contributed by atoms with Crippen molar-refractivity contribution in [3.05, 3.63) is 0 Å². The van der Waals surface area contributed by atoms with Gasteiger partial charge in [0.05, 0.1) is 0 Å². The second kappa shape index (κ2) is 13.2. The zero-order valence-electron chi connectivity index (χ0n) is 20.2. The van der Waals surface area contributed by atoms with Gasteiger partial charge in [-0.15, -0.1) is 0 Å². The summed E-state index contributed by atoms with van der Waals surface area (Å²) in [5.41, 5.74) is 0. The first-order valence-corrected chi connectivity index (χ1v) is 11.0. The van der Waals surface area contributed by atoms with Crippen molar-refractivity contribution in [2.45, 2.75) is 85.4 Å². The lowest BCUT2D eigenvalue weighted by molar-refractivity contribution is -0.148. The van der Waals surface area contributed by atoms with E-state index in [1.54, 1.807) is 14.1 Å². The molecule has 0 aliphatic heterocycles. The largest absolute Gasteiger partial charge is 0.357 e. The average molecular weight is 427 g/mol. The Morgan fingerprint density at radius 3 is 1.83 bits per heavy atom. The third kappa shape index (κ3) is 7.95. The molecule has 0 saturated carbocycles. The minimum Gasteiger partial charge on any atom is -0.357 e. The Labute approximate surface area is 182 Å². The quantitative estimate of drug-likeness (QED) is 0.497. The molecule has 174 valence electrons. The topological polar surface area (TPSA) is 98.8 Å². The van der Waals surface area contributed by atoms with Gasteiger partial charge >= 0.3 is 0 Å². The lowest BCUT2D eigenvalue weighted by atomic mass is 9.98. The third-order valence-electron chi connectivity index (χ3n) is 5.30. The van der Waals surface area contributed by atoms with Gasteiger partial charge < -0.3 is 20.4 Å². The summed E-state index contributed by atoms with van der Waals surface area (Å²) in [4.78, 5) is 53.7. The predicted octanol–water partition coefficient (Wildman–Crippen LogP) is 1.78. The predicted molar refractivity (Wildman–Crippen MR) is 119 cm³/mol. The van der Waals surface area contributed by atoms with Crippen molar-refractivity contribution in [3.8, 4) is 0 Å². The number of amides is 4. The Balaban J connectivity index is 5.67. The molecular formula is C22H42N4O4. The maximum atomic E-state index is 13.2. The standard InChI is InChI=1S/C22H42N4O4/c1-10-12-18(27)25(8)16(11-2)22(30)26(9)17(13-14(3)4)20(28)24-19(15(5)6)21(29)23-7/h14-17,19H,10-13H2,1-9H3,(H,23,29)(H,24,28)/t16-,17+,19+/m1/s1. The van der Waals surface area contributed by atoms with Crippen molar-refractivity contribution in [1.82, 2.24) is 20.4 Å². The zero-order valence-corrected chi connectivity index (χ0v) is 20.2. The van der Waals surface area contributed by atoms with Crippen LogP contribution < -0.4 is 10.6 Å². The maximum absolute atomic E-state index is 13.2. The van der Waals surface area contributed by atoms with Crippen LogP contribution in [-0.2, 0) is 19.2 Å². The molecule has 0 fully saturated rings. The summed E-state index contributed by atoms with van der Waals surface area (Å²) in [7, 11) is 4.76. The molecule has 2 N–H and O–H groups in total. The van der Waals surface area contributed by atoms with Gasteiger partial charge in [-0.25, -0.2) is 0 Å². The number of carbonyl (C=O) groups excluding carboxylic acids is 4. The average Bonchev–Trinajstić information content (AvgIpc) is 2.68. The monoisotopic (exact) mass is 426 g/mol. The van der Waals surface area contributed by atoms with Crippen molar-refractivity contribution in [3.63, 3.8) is 0 Å². The highest BCUT2D eigenvalue weighted by molar-refractivity contribution is 5.94. The summed E-state index contributed by atoms with van der Waals surface area (Å²) in [6.07, 6.45) is 1.99. The molecule has 0 spiro atoms. The molecule has 0 aromatic heterocycles. The molecule has 4 amide bonds. The summed E-state index contributed by atoms with van der Waals surface area (Å²) in [5.74, 6) is -0.934. The molecule has 0 aliphatic rings. The summed E-state index contributed by atoms with van der Waals surface area (Å²) in [6, 6.07) is -2.04. The fraction of sp³-hybridized carbons (Fsp3) is 0.818. The van der Waals surface area contributed by atoms with E-state index in [2.05, 4.69) is 10.6 Å². The van der Waals surface area contributed by atoms with E-state index in [0.717, 1.165) is 0 Å². The maximum Gasteiger partial charge on any atom is 0.245 e. The molecule has 0 aliphatic carbocycles. The van der Waals surface area contributed by atoms with Crippen LogP contribution in [-0.4, -0.2) is 72.7 Å². The van der Waals surface area contributed by atoms with Gasteiger partial charge in [0.1, 0.15) is 18.1 Å². The smallest absolute Gasteiger partial charge is 0.245 e. The second-order valence-corrected chi connectivity index (χ2v) is 8.62. The van der Waals surface area contributed by atoms with Crippen LogP contribution in [0.5, 0.6) is 0 Å². The lowest BCUT2D eigenvalue weighted by Gasteiger charge is -2.35. The molecule has 3 atom stereocenters. The minimum absolute atomic E-state index is 0.0875. The molecule has 30 heavy (non-hydrogen) atoms. The van der Waals surface area contributed by atoms with E-state index in [1.807, 2.05) is 41.5 Å². The molecule has 0 saturated heterocycles. The summed E-state index contributed by atoms with van der Waals surface area (Å²) in [6.45, 7) is 11.4. The Kier molecular flexibility index (Phi) is 12.3. The van der Waals surface area contributed by atoms with Gasteiger partial charge in [0.2, 0.25) is 23.6 Å². The number of hydrogen-bond donors (Lipinski definition) is 2. The van der Waals surface area contributed by atoms with Crippen LogP contribution in [0.1, 0.15) is 67.2 Å². The van der Waals surface area contributed by atoms with Gasteiger partial charge in [-0.2, -0.15) is 0 Å². The van der Waals surface area contributed by atoms with E-state index in [-0.39, 0.29) is 35.5 Å². The third-order valence-corrected chi connectivity index (χ3v) is 5.30. The molecular weight excluding hydrogens is 384 g/mol. The van der Waals surface area contributed by atoms with E-state index in [0.29, 0.717) is 25.7 Å². The summed E-state index contributed by atoms with van der Waals surface area (Å²) < 4.78 is 0. The van der Waals surface area contributed by atoms with E-state index >= 15 is 0 Å². The lowest BCUT2D eigenvalue weighted by Crippen LogP contribution is -2.58. The Hall–Kier alpha value is -2.12. The van der Waals surface area contributed by atoms with Crippen LogP contribution in [0, 0.1) is 11.8 Å². The number of rotatable bonds is 12. The van der Waals surface area contributed by atoms with Crippen molar-refractivity contribution in [2.24, 2.45) is 11.8 Å². The van der Waals surface area contributed by atoms with Gasteiger partial charge in [0.15, 0.2) is 0 Å². The van der Waals surface area contributed by atoms with Crippen molar-refractivity contribution in [2.75, 3.05) is 21.1 Å². The van der Waals surface area contributed by atoms with Gasteiger partial charge in [0, 0.05) is 27.6 Å². The summed E-state index contributed by atoms with van der Waals surface area (Å²) in [5, 5.41) is 5.38. The Bertz CT molecular complexity index is 592. The molecule has 0 aromatic carbocycles. The number of carbonyl (C=O) groups is 4. The van der Waals surface area contributed by atoms with Crippen molar-refractivity contribution < 1.29 is 19.2 Å². The van der Waals surface area contributed by atoms with E-state index in [4.69, 9.17) is 0 Å². The normalized spacial score (nSPS) is 14.1. The van der Waals surface area contributed by atoms with Crippen LogP contribution in [0.4, 0.5) is 0 Å². The molecule has 8 nitrogen and oxygen atoms in total. The highest BCUT2D eigenvalue weighted by atomic mass is 16.2. The SMILES string of the molecule is CCCC(=O)N(C)[C@H](CC)C(=O)N(C)[C@@H](CC(C)C)C(=O)N[C@H](C(=O)NC)C(C)C. The first-order chi connectivity index (χ1) is 13.9. The molecule has 8 heteroatoms. The number of nitrogens with one attached hydrogen (secondary N) is 2. The molecule has 0 unspecified atom stereocenters. The first-order valence-electron chi connectivity index (χ1n) is 11.0. The first kappa shape index (κ1) is 27.9. The van der Waals surface area contributed by atoms with Crippen molar-refractivity contribution >= 4 is 23.6 Å². The van der Waals surface area contributed by atoms with Gasteiger partial charge in [-0.05, 0) is 31.1 Å². The molecule has 0 heterocycles. The van der Waals surface area contributed by atoms with Crippen LogP contribution in [0.25, 0.3) is 0 Å². The molecule has 0 aromatic rings. The fourth-order valence-corrected chi connectivity index (χ4v) is 3.39. The van der Waals surface area contributed by atoms with E-state index < -0.39 is 18.1 Å². The summed E-state index contributed by atoms with van der Waals surface area (Å²) >= 11 is 0. The van der Waals surface area contributed by atoms with Gasteiger partial charge in [0.25, 0.3) is 0 Å². The zero-order chi connectivity index (χ0) is 23.6. The van der Waals surface area contributed by atoms with E-state index in [1.165, 1.54) is 16.8 Å². The minimum atomic E-state index is -0.730. The van der Waals surface area contributed by atoms with Crippen LogP contribution >= 0.6 is 0 Å². The second-order valence-electron chi connectivity index (χ2n) is 8.62. The van der Waals surface area contributed by atoms with Crippen LogP contribution in [0.2, 0.25) is 0 Å². The van der Waals surface area contributed by atoms with Crippen LogP contribution in [0.3, 0.4) is 0 Å². The van der Waals surface area contributed by atoms with Crippen LogP contribution in [0.15, 0.2) is 0 Å². The number of nitrogens with zero attached hydrogens (tertiary/aromatic N) is 2. The Morgan fingerprint density at radius 1 is 0.867 bits per heavy atom. The van der Waals surface area contributed by atoms with Crippen molar-refractivity contribution in [1.29, 1.82) is 0 Å². The number of likely N-dealkylation sites (N-methyl/N-ethyl adjacent to an activating group) is 3. The highest BCUT2D eigenvalue weighted by Gasteiger charge is 2.35. The molecule has 0 rings (SSSR count). The Morgan fingerprint density at radius 2 is 1.43 bits per heavy atom. The molecule has 0 bridgehead atoms. The molecule has 0 radical (unpaired) electrons. The number of hydrogen-bond acceptors (Lipinski definition) is 4.